The molecule has 2 heteroatoms. The fraction of sp³-hybridized carbons (Fsp3) is 0.429. The molecule has 2 N–H and O–H groups in total. The molecule has 1 aromatic rings. The van der Waals surface area contributed by atoms with E-state index in [1.807, 2.05) is 13.0 Å². The lowest BCUT2D eigenvalue weighted by atomic mass is 9.99. The SMILES string of the molecule is COc1ccc(C=C(CN)C(C)C)cc1C. The van der Waals surface area contributed by atoms with Crippen molar-refractivity contribution in [3.63, 3.8) is 0 Å². The van der Waals surface area contributed by atoms with Gasteiger partial charge in [0.25, 0.3) is 0 Å². The monoisotopic (exact) mass is 219 g/mol. The predicted molar refractivity (Wildman–Crippen MR) is 69.6 cm³/mol. The Morgan fingerprint density at radius 1 is 1.44 bits per heavy atom. The molecule has 0 bridgehead atoms. The minimum absolute atomic E-state index is 0.493. The zero-order chi connectivity index (χ0) is 12.1. The lowest BCUT2D eigenvalue weighted by Gasteiger charge is -2.10. The zero-order valence-corrected chi connectivity index (χ0v) is 10.6. The van der Waals surface area contributed by atoms with Crippen molar-refractivity contribution in [3.05, 3.63) is 34.9 Å². The number of hydrogen-bond donors (Lipinski definition) is 1. The molecule has 1 rings (SSSR count). The predicted octanol–water partition coefficient (Wildman–Crippen LogP) is 3.00. The van der Waals surface area contributed by atoms with Crippen molar-refractivity contribution in [1.29, 1.82) is 0 Å². The molecule has 0 saturated heterocycles. The molecule has 0 aliphatic carbocycles. The van der Waals surface area contributed by atoms with Crippen LogP contribution in [-0.4, -0.2) is 13.7 Å². The maximum absolute atomic E-state index is 5.72. The Labute approximate surface area is 98.1 Å². The minimum atomic E-state index is 0.493. The Balaban J connectivity index is 3.01. The summed E-state index contributed by atoms with van der Waals surface area (Å²) in [5.41, 5.74) is 9.33. The smallest absolute Gasteiger partial charge is 0.121 e. The fourth-order valence-corrected chi connectivity index (χ4v) is 1.67. The van der Waals surface area contributed by atoms with Gasteiger partial charge >= 0.3 is 0 Å². The van der Waals surface area contributed by atoms with E-state index in [2.05, 4.69) is 32.1 Å². The number of hydrogen-bond acceptors (Lipinski definition) is 2. The average Bonchev–Trinajstić information content (AvgIpc) is 2.25. The lowest BCUT2D eigenvalue weighted by molar-refractivity contribution is 0.411. The van der Waals surface area contributed by atoms with Gasteiger partial charge in [0, 0.05) is 6.54 Å². The number of nitrogens with two attached hydrogens (primary N) is 1. The first kappa shape index (κ1) is 12.8. The molecule has 1 aromatic carbocycles. The fourth-order valence-electron chi connectivity index (χ4n) is 1.67. The van der Waals surface area contributed by atoms with Crippen LogP contribution in [0, 0.1) is 12.8 Å². The Morgan fingerprint density at radius 2 is 2.12 bits per heavy atom. The van der Waals surface area contributed by atoms with Crippen molar-refractivity contribution in [1.82, 2.24) is 0 Å². The van der Waals surface area contributed by atoms with E-state index in [4.69, 9.17) is 10.5 Å². The van der Waals surface area contributed by atoms with E-state index in [0.29, 0.717) is 12.5 Å². The molecule has 16 heavy (non-hydrogen) atoms. The van der Waals surface area contributed by atoms with Crippen LogP contribution in [0.15, 0.2) is 23.8 Å². The molecule has 88 valence electrons. The van der Waals surface area contributed by atoms with Gasteiger partial charge in [0.05, 0.1) is 7.11 Å². The van der Waals surface area contributed by atoms with Gasteiger partial charge in [-0.25, -0.2) is 0 Å². The van der Waals surface area contributed by atoms with Crippen LogP contribution in [0.3, 0.4) is 0 Å². The number of rotatable bonds is 4. The number of aryl methyl sites for hydroxylation is 1. The van der Waals surface area contributed by atoms with Crippen molar-refractivity contribution in [3.8, 4) is 5.75 Å². The first-order valence-electron chi connectivity index (χ1n) is 5.63. The molecule has 0 spiro atoms. The van der Waals surface area contributed by atoms with Gasteiger partial charge in [-0.2, -0.15) is 0 Å². The van der Waals surface area contributed by atoms with Crippen LogP contribution in [0.1, 0.15) is 25.0 Å². The Kier molecular flexibility index (Phi) is 4.56. The summed E-state index contributed by atoms with van der Waals surface area (Å²) in [6.45, 7) is 6.99. The molecule has 0 saturated carbocycles. The number of methoxy groups -OCH3 is 1. The van der Waals surface area contributed by atoms with Crippen LogP contribution in [0.4, 0.5) is 0 Å². The molecule has 0 atom stereocenters. The van der Waals surface area contributed by atoms with Gasteiger partial charge in [0.2, 0.25) is 0 Å². The second-order valence-electron chi connectivity index (χ2n) is 4.31. The normalized spacial score (nSPS) is 12.0. The molecule has 0 unspecified atom stereocenters. The highest BCUT2D eigenvalue weighted by atomic mass is 16.5. The summed E-state index contributed by atoms with van der Waals surface area (Å²) in [6, 6.07) is 6.18. The Morgan fingerprint density at radius 3 is 2.56 bits per heavy atom. The van der Waals surface area contributed by atoms with Crippen molar-refractivity contribution >= 4 is 6.08 Å². The maximum atomic E-state index is 5.72. The van der Waals surface area contributed by atoms with Crippen LogP contribution < -0.4 is 10.5 Å². The van der Waals surface area contributed by atoms with Crippen LogP contribution >= 0.6 is 0 Å². The minimum Gasteiger partial charge on any atom is -0.496 e. The van der Waals surface area contributed by atoms with Crippen LogP contribution in [0.25, 0.3) is 6.08 Å². The maximum Gasteiger partial charge on any atom is 0.121 e. The largest absolute Gasteiger partial charge is 0.496 e. The Hall–Kier alpha value is -1.28. The second kappa shape index (κ2) is 5.71. The van der Waals surface area contributed by atoms with Crippen molar-refractivity contribution in [2.24, 2.45) is 11.7 Å². The summed E-state index contributed by atoms with van der Waals surface area (Å²) in [4.78, 5) is 0. The van der Waals surface area contributed by atoms with Crippen molar-refractivity contribution in [2.45, 2.75) is 20.8 Å². The molecule has 0 heterocycles. The van der Waals surface area contributed by atoms with E-state index in [1.54, 1.807) is 7.11 Å². The highest BCUT2D eigenvalue weighted by Crippen LogP contribution is 2.21. The molecular formula is C14H21NO. The van der Waals surface area contributed by atoms with Crippen molar-refractivity contribution < 1.29 is 4.74 Å². The molecule has 0 aliphatic rings. The topological polar surface area (TPSA) is 35.2 Å². The molecule has 0 amide bonds. The van der Waals surface area contributed by atoms with E-state index in [-0.39, 0.29) is 0 Å². The number of ether oxygens (including phenoxy) is 1. The van der Waals surface area contributed by atoms with Gasteiger partial charge in [0.1, 0.15) is 5.75 Å². The van der Waals surface area contributed by atoms with Gasteiger partial charge in [-0.1, -0.05) is 31.6 Å². The van der Waals surface area contributed by atoms with Gasteiger partial charge < -0.3 is 10.5 Å². The summed E-state index contributed by atoms with van der Waals surface area (Å²) < 4.78 is 5.23. The molecule has 0 fully saturated rings. The third-order valence-electron chi connectivity index (χ3n) is 2.75. The van der Waals surface area contributed by atoms with Crippen LogP contribution in [0.2, 0.25) is 0 Å². The second-order valence-corrected chi connectivity index (χ2v) is 4.31. The molecule has 0 aliphatic heterocycles. The molecule has 2 nitrogen and oxygen atoms in total. The highest BCUT2D eigenvalue weighted by molar-refractivity contribution is 5.56. The first-order chi connectivity index (χ1) is 7.58. The van der Waals surface area contributed by atoms with E-state index in [0.717, 1.165) is 11.3 Å². The third-order valence-corrected chi connectivity index (χ3v) is 2.75. The van der Waals surface area contributed by atoms with E-state index in [9.17, 15) is 0 Å². The first-order valence-corrected chi connectivity index (χ1v) is 5.63. The molecular weight excluding hydrogens is 198 g/mol. The van der Waals surface area contributed by atoms with Crippen LogP contribution in [0.5, 0.6) is 5.75 Å². The number of benzene rings is 1. The summed E-state index contributed by atoms with van der Waals surface area (Å²) in [7, 11) is 1.69. The summed E-state index contributed by atoms with van der Waals surface area (Å²) in [5, 5.41) is 0. The summed E-state index contributed by atoms with van der Waals surface area (Å²) in [5.74, 6) is 1.42. The summed E-state index contributed by atoms with van der Waals surface area (Å²) in [6.07, 6.45) is 2.16. The van der Waals surface area contributed by atoms with Gasteiger partial charge in [-0.15, -0.1) is 0 Å². The van der Waals surface area contributed by atoms with E-state index >= 15 is 0 Å². The quantitative estimate of drug-likeness (QED) is 0.845. The van der Waals surface area contributed by atoms with Crippen LogP contribution in [-0.2, 0) is 0 Å². The van der Waals surface area contributed by atoms with E-state index in [1.165, 1.54) is 11.1 Å². The van der Waals surface area contributed by atoms with Gasteiger partial charge in [0.15, 0.2) is 0 Å². The molecule has 0 radical (unpaired) electrons. The third kappa shape index (κ3) is 3.11. The van der Waals surface area contributed by atoms with Gasteiger partial charge in [-0.05, 0) is 36.1 Å². The summed E-state index contributed by atoms with van der Waals surface area (Å²) >= 11 is 0. The standard InChI is InChI=1S/C14H21NO/c1-10(2)13(9-15)8-12-5-6-14(16-4)11(3)7-12/h5-8,10H,9,15H2,1-4H3. The Bertz CT molecular complexity index is 380. The highest BCUT2D eigenvalue weighted by Gasteiger charge is 2.02. The zero-order valence-electron chi connectivity index (χ0n) is 10.6. The van der Waals surface area contributed by atoms with Crippen molar-refractivity contribution in [2.75, 3.05) is 13.7 Å². The van der Waals surface area contributed by atoms with Gasteiger partial charge in [-0.3, -0.25) is 0 Å². The average molecular weight is 219 g/mol. The van der Waals surface area contributed by atoms with E-state index < -0.39 is 0 Å². The molecule has 0 aromatic heterocycles. The lowest BCUT2D eigenvalue weighted by Crippen LogP contribution is -2.08.